The number of hydrogen-bond acceptors (Lipinski definition) is 17. The molecule has 6 rings (SSSR count). The van der Waals surface area contributed by atoms with Crippen LogP contribution in [0.2, 0.25) is 0 Å². The Kier molecular flexibility index (Phi) is 11.0. The molecule has 5 heterocycles. The van der Waals surface area contributed by atoms with Crippen LogP contribution in [-0.4, -0.2) is 125 Å². The second-order valence-corrected chi connectivity index (χ2v) is 13.8. The first-order valence-electron chi connectivity index (χ1n) is 16.0. The summed E-state index contributed by atoms with van der Waals surface area (Å²) >= 11 is 0. The highest BCUT2D eigenvalue weighted by atomic mass is 31.2. The van der Waals surface area contributed by atoms with Crippen LogP contribution in [-0.2, 0) is 34.3 Å². The van der Waals surface area contributed by atoms with Crippen LogP contribution in [0.3, 0.4) is 0 Å². The maximum absolute atomic E-state index is 13.3. The fourth-order valence-electron chi connectivity index (χ4n) is 6.08. The number of benzene rings is 1. The number of anilines is 2. The van der Waals surface area contributed by atoms with Crippen molar-refractivity contribution in [3.8, 4) is 0 Å². The van der Waals surface area contributed by atoms with Crippen molar-refractivity contribution < 1.29 is 48.1 Å². The van der Waals surface area contributed by atoms with Gasteiger partial charge in [-0.15, -0.1) is 0 Å². The van der Waals surface area contributed by atoms with E-state index in [-0.39, 0.29) is 12.2 Å². The Bertz CT molecular complexity index is 1980. The van der Waals surface area contributed by atoms with Gasteiger partial charge in [0.2, 0.25) is 5.91 Å². The summed E-state index contributed by atoms with van der Waals surface area (Å²) < 4.78 is 37.8. The Hall–Kier alpha value is -4.41. The van der Waals surface area contributed by atoms with E-state index in [0.29, 0.717) is 17.0 Å². The van der Waals surface area contributed by atoms with E-state index in [4.69, 9.17) is 30.0 Å². The number of imidazole rings is 1. The van der Waals surface area contributed by atoms with Crippen LogP contribution in [0.1, 0.15) is 18.0 Å². The minimum Gasteiger partial charge on any atom is -0.394 e. The molecule has 0 saturated carbocycles. The van der Waals surface area contributed by atoms with Gasteiger partial charge in [-0.3, -0.25) is 23.0 Å². The van der Waals surface area contributed by atoms with Crippen LogP contribution >= 0.6 is 7.82 Å². The number of aliphatic hydroxyl groups excluding tert-OH is 3. The number of hydrogen-bond donors (Lipinski definition) is 7. The van der Waals surface area contributed by atoms with Crippen LogP contribution < -0.4 is 27.4 Å². The molecule has 22 heteroatoms. The van der Waals surface area contributed by atoms with E-state index in [9.17, 15) is 34.4 Å². The number of phosphoric ester groups is 1. The number of phosphoric acid groups is 1. The van der Waals surface area contributed by atoms with E-state index < -0.39 is 87.7 Å². The number of fused-ring (bicyclic) bond motifs is 1. The molecule has 0 bridgehead atoms. The van der Waals surface area contributed by atoms with Gasteiger partial charge in [0.15, 0.2) is 29.4 Å². The number of nitrogens with zero attached hydrogens (tertiary/aromatic N) is 7. The van der Waals surface area contributed by atoms with E-state index in [1.54, 1.807) is 43.3 Å². The average Bonchev–Trinajstić information content (AvgIpc) is 3.77. The van der Waals surface area contributed by atoms with Gasteiger partial charge in [0.05, 0.1) is 31.6 Å². The Morgan fingerprint density at radius 2 is 1.79 bits per heavy atom. The highest BCUT2D eigenvalue weighted by Gasteiger charge is 2.51. The van der Waals surface area contributed by atoms with Crippen LogP contribution in [0.15, 0.2) is 60.0 Å². The van der Waals surface area contributed by atoms with Crippen LogP contribution in [0.4, 0.5) is 11.6 Å². The lowest BCUT2D eigenvalue weighted by Gasteiger charge is -2.25. The maximum Gasteiger partial charge on any atom is 0.472 e. The molecule has 280 valence electrons. The second-order valence-electron chi connectivity index (χ2n) is 12.4. The number of aromatic nitrogens is 6. The SMILES string of the molecule is CN(C)c1ncnc2c1ncn2[C@@H]1O[C@H](COP(=O)(O)O[C@H]2[C@@H](O)[C@H](n3ccc(N)nc3=O)O[C@@H]2CO)[C@@H](NC(=O)[C@@H](N)Cc2ccccc2)[C@H]1O. The monoisotopic (exact) mass is 746 g/mol. The quantitative estimate of drug-likeness (QED) is 0.0714. The molecule has 2 aliphatic heterocycles. The van der Waals surface area contributed by atoms with Gasteiger partial charge < -0.3 is 51.4 Å². The third kappa shape index (κ3) is 7.69. The number of nitrogen functional groups attached to an aromatic ring is 1. The molecule has 9 N–H and O–H groups in total. The first-order chi connectivity index (χ1) is 24.8. The van der Waals surface area contributed by atoms with Crippen molar-refractivity contribution >= 4 is 36.5 Å². The van der Waals surface area contributed by atoms with Crippen LogP contribution in [0.5, 0.6) is 0 Å². The van der Waals surface area contributed by atoms with E-state index in [1.807, 2.05) is 6.07 Å². The van der Waals surface area contributed by atoms with Crippen molar-refractivity contribution in [1.82, 2.24) is 34.4 Å². The van der Waals surface area contributed by atoms with E-state index in [0.717, 1.165) is 10.1 Å². The summed E-state index contributed by atoms with van der Waals surface area (Å²) in [7, 11) is -1.59. The summed E-state index contributed by atoms with van der Waals surface area (Å²) in [5, 5.41) is 35.1. The van der Waals surface area contributed by atoms with Crippen molar-refractivity contribution in [2.75, 3.05) is 37.9 Å². The van der Waals surface area contributed by atoms with Gasteiger partial charge in [-0.2, -0.15) is 4.98 Å². The Labute approximate surface area is 295 Å². The van der Waals surface area contributed by atoms with Crippen molar-refractivity contribution in [3.63, 3.8) is 0 Å². The Morgan fingerprint density at radius 1 is 1.08 bits per heavy atom. The largest absolute Gasteiger partial charge is 0.472 e. The molecule has 3 aromatic heterocycles. The molecule has 0 radical (unpaired) electrons. The fraction of sp³-hybridized carbons (Fsp3) is 0.467. The summed E-state index contributed by atoms with van der Waals surface area (Å²) in [5.74, 6) is -0.241. The first-order valence-corrected chi connectivity index (χ1v) is 17.5. The maximum atomic E-state index is 13.3. The van der Waals surface area contributed by atoms with Crippen LogP contribution in [0, 0.1) is 0 Å². The zero-order chi connectivity index (χ0) is 37.3. The molecular weight excluding hydrogens is 707 g/mol. The number of aliphatic hydroxyl groups is 3. The number of ether oxygens (including phenoxy) is 2. The zero-order valence-corrected chi connectivity index (χ0v) is 28.8. The van der Waals surface area contributed by atoms with Gasteiger partial charge in [-0.1, -0.05) is 30.3 Å². The summed E-state index contributed by atoms with van der Waals surface area (Å²) in [6.07, 6.45) is -6.18. The zero-order valence-electron chi connectivity index (χ0n) is 27.9. The Balaban J connectivity index is 1.21. The highest BCUT2D eigenvalue weighted by molar-refractivity contribution is 7.47. The normalized spacial score (nSPS) is 27.8. The topological polar surface area (TPSA) is 298 Å². The third-order valence-corrected chi connectivity index (χ3v) is 9.61. The van der Waals surface area contributed by atoms with Gasteiger partial charge in [0.25, 0.3) is 0 Å². The minimum absolute atomic E-state index is 0.0875. The number of rotatable bonds is 13. The Morgan fingerprint density at radius 3 is 2.48 bits per heavy atom. The molecule has 52 heavy (non-hydrogen) atoms. The summed E-state index contributed by atoms with van der Waals surface area (Å²) in [5.41, 5.74) is 12.3. The lowest BCUT2D eigenvalue weighted by Crippen LogP contribution is -2.53. The van der Waals surface area contributed by atoms with Gasteiger partial charge in [0.1, 0.15) is 42.7 Å². The smallest absolute Gasteiger partial charge is 0.394 e. The van der Waals surface area contributed by atoms with E-state index in [1.165, 1.54) is 29.5 Å². The molecule has 2 fully saturated rings. The van der Waals surface area contributed by atoms with E-state index in [2.05, 4.69) is 25.3 Å². The number of nitrogens with two attached hydrogens (primary N) is 2. The number of carbonyl (C=O) groups excluding carboxylic acids is 1. The molecule has 1 aromatic carbocycles. The van der Waals surface area contributed by atoms with Crippen molar-refractivity contribution in [2.24, 2.45) is 5.73 Å². The summed E-state index contributed by atoms with van der Waals surface area (Å²) in [6, 6.07) is 8.03. The van der Waals surface area contributed by atoms with Crippen molar-refractivity contribution in [3.05, 3.63) is 71.3 Å². The lowest BCUT2D eigenvalue weighted by atomic mass is 10.0. The molecule has 0 spiro atoms. The average molecular weight is 747 g/mol. The van der Waals surface area contributed by atoms with Gasteiger partial charge in [-0.25, -0.2) is 24.3 Å². The number of carbonyl (C=O) groups is 1. The fourth-order valence-corrected chi connectivity index (χ4v) is 7.04. The van der Waals surface area contributed by atoms with Gasteiger partial charge in [0, 0.05) is 20.3 Å². The van der Waals surface area contributed by atoms with Gasteiger partial charge in [-0.05, 0) is 18.1 Å². The molecular formula is C30H39N10O11P. The molecule has 0 aliphatic carbocycles. The van der Waals surface area contributed by atoms with Crippen molar-refractivity contribution in [1.29, 1.82) is 0 Å². The summed E-state index contributed by atoms with van der Waals surface area (Å²) in [4.78, 5) is 54.7. The lowest BCUT2D eigenvalue weighted by molar-refractivity contribution is -0.124. The molecule has 4 aromatic rings. The van der Waals surface area contributed by atoms with Gasteiger partial charge >= 0.3 is 13.5 Å². The molecule has 2 saturated heterocycles. The standard InChI is InChI=1S/C30H39N10O11P/c1-38(2)25-21-26(34-13-33-25)40(14-35-21)28-22(42)20(37-27(44)16(31)10-15-6-4-3-5-7-15)18(50-28)12-48-52(46,47)51-24-17(11-41)49-29(23(24)43)39-9-8-19(32)36-30(39)45/h3-9,13-14,16-18,20,22-24,28-29,41-43H,10-12,31H2,1-2H3,(H,37,44)(H,46,47)(H2,32,36,45)/t16-,17+,18+,20+,22+,23+,24+,28+,29+/m0/s1. The second kappa shape index (κ2) is 15.3. The third-order valence-electron chi connectivity index (χ3n) is 8.63. The molecule has 21 nitrogen and oxygen atoms in total. The van der Waals surface area contributed by atoms with E-state index >= 15 is 0 Å². The summed E-state index contributed by atoms with van der Waals surface area (Å²) in [6.45, 7) is -1.51. The van der Waals surface area contributed by atoms with Crippen molar-refractivity contribution in [2.45, 2.75) is 61.5 Å². The van der Waals surface area contributed by atoms with Crippen LogP contribution in [0.25, 0.3) is 11.2 Å². The minimum atomic E-state index is -5.12. The number of nitrogens with one attached hydrogen (secondary N) is 1. The number of amides is 1. The molecule has 1 amide bonds. The molecule has 10 atom stereocenters. The molecule has 1 unspecified atom stereocenters. The highest BCUT2D eigenvalue weighted by Crippen LogP contribution is 2.49. The predicted molar refractivity (Wildman–Crippen MR) is 180 cm³/mol. The first kappa shape index (κ1) is 37.4. The molecule has 2 aliphatic rings. The predicted octanol–water partition coefficient (Wildman–Crippen LogP) is -2.20.